The van der Waals surface area contributed by atoms with Crippen LogP contribution in [0.4, 0.5) is 11.4 Å². The highest BCUT2D eigenvalue weighted by molar-refractivity contribution is 6.37. The van der Waals surface area contributed by atoms with Crippen molar-refractivity contribution >= 4 is 46.2 Å². The van der Waals surface area contributed by atoms with E-state index in [4.69, 9.17) is 39.5 Å². The Kier molecular flexibility index (Phi) is 6.13. The van der Waals surface area contributed by atoms with E-state index in [1.165, 1.54) is 0 Å². The smallest absolute Gasteiger partial charge is 0.156 e. The fourth-order valence-corrected chi connectivity index (χ4v) is 3.14. The summed E-state index contributed by atoms with van der Waals surface area (Å²) in [6, 6.07) is 10.6. The summed E-state index contributed by atoms with van der Waals surface area (Å²) in [7, 11) is 0. The van der Waals surface area contributed by atoms with E-state index in [9.17, 15) is 5.11 Å². The lowest BCUT2D eigenvalue weighted by Gasteiger charge is -2.38. The fraction of sp³-hybridized carbons (Fsp3) is 0.333. The predicted molar refractivity (Wildman–Crippen MR) is 103 cm³/mol. The van der Waals surface area contributed by atoms with E-state index in [1.54, 1.807) is 12.1 Å². The largest absolute Gasteiger partial charge is 0.508 e. The van der Waals surface area contributed by atoms with Crippen LogP contribution in [-0.4, -0.2) is 23.1 Å². The van der Waals surface area contributed by atoms with Crippen molar-refractivity contribution in [3.63, 3.8) is 0 Å². The minimum absolute atomic E-state index is 0.216. The molecule has 0 bridgehead atoms. The predicted octanol–water partition coefficient (Wildman–Crippen LogP) is 6.25. The summed E-state index contributed by atoms with van der Waals surface area (Å²) < 4.78 is 5.51. The van der Waals surface area contributed by atoms with Crippen LogP contribution in [0.5, 0.6) is 11.5 Å². The summed E-state index contributed by atoms with van der Waals surface area (Å²) in [5, 5.41) is 10.4. The van der Waals surface area contributed by atoms with E-state index in [0.29, 0.717) is 28.3 Å². The molecule has 0 atom stereocenters. The first-order valence-corrected chi connectivity index (χ1v) is 8.80. The molecule has 0 saturated heterocycles. The van der Waals surface area contributed by atoms with Gasteiger partial charge in [-0.15, -0.1) is 11.6 Å². The first kappa shape index (κ1) is 19.0. The second-order valence-corrected chi connectivity index (χ2v) is 7.49. The molecule has 0 radical (unpaired) electrons. The molecule has 24 heavy (non-hydrogen) atoms. The molecule has 3 nitrogen and oxygen atoms in total. The highest BCUT2D eigenvalue weighted by Crippen LogP contribution is 2.41. The van der Waals surface area contributed by atoms with E-state index >= 15 is 0 Å². The Morgan fingerprint density at radius 1 is 1.00 bits per heavy atom. The average Bonchev–Trinajstić information content (AvgIpc) is 2.47. The molecule has 6 heteroatoms. The lowest BCUT2D eigenvalue weighted by Crippen LogP contribution is -2.37. The molecule has 0 amide bonds. The normalized spacial score (nSPS) is 11.4. The van der Waals surface area contributed by atoms with Crippen molar-refractivity contribution in [2.75, 3.05) is 17.4 Å². The minimum Gasteiger partial charge on any atom is -0.508 e. The van der Waals surface area contributed by atoms with Crippen molar-refractivity contribution in [3.8, 4) is 11.5 Å². The van der Waals surface area contributed by atoms with Crippen molar-refractivity contribution in [1.82, 2.24) is 0 Å². The zero-order valence-electron chi connectivity index (χ0n) is 13.8. The number of phenolic OH excluding ortho intramolecular Hbond substituents is 1. The summed E-state index contributed by atoms with van der Waals surface area (Å²) in [6.07, 6.45) is 0. The van der Waals surface area contributed by atoms with Crippen molar-refractivity contribution in [3.05, 3.63) is 46.4 Å². The minimum atomic E-state index is -0.234. The second kappa shape index (κ2) is 7.73. The quantitative estimate of drug-likeness (QED) is 0.614. The number of hydrogen-bond acceptors (Lipinski definition) is 3. The third-order valence-corrected chi connectivity index (χ3v) is 4.06. The molecule has 0 heterocycles. The Morgan fingerprint density at radius 2 is 1.54 bits per heavy atom. The van der Waals surface area contributed by atoms with Crippen LogP contribution in [0.2, 0.25) is 10.0 Å². The molecule has 0 saturated carbocycles. The molecule has 0 aliphatic carbocycles. The summed E-state index contributed by atoms with van der Waals surface area (Å²) in [6.45, 7) is 6.58. The Labute approximate surface area is 157 Å². The number of ether oxygens (including phenoxy) is 1. The molecule has 0 aromatic heterocycles. The van der Waals surface area contributed by atoms with Gasteiger partial charge in [0, 0.05) is 16.9 Å². The van der Waals surface area contributed by atoms with Gasteiger partial charge in [-0.2, -0.15) is 0 Å². The molecule has 0 aliphatic rings. The van der Waals surface area contributed by atoms with Gasteiger partial charge in [-0.1, -0.05) is 23.2 Å². The van der Waals surface area contributed by atoms with Crippen LogP contribution in [0.3, 0.4) is 0 Å². The maximum Gasteiger partial charge on any atom is 0.156 e. The summed E-state index contributed by atoms with van der Waals surface area (Å²) in [4.78, 5) is 2.09. The Balaban J connectivity index is 2.49. The Bertz CT molecular complexity index is 673. The molecule has 2 aromatic rings. The van der Waals surface area contributed by atoms with Gasteiger partial charge in [0.05, 0.1) is 15.9 Å². The van der Waals surface area contributed by atoms with Gasteiger partial charge >= 0.3 is 0 Å². The molecule has 2 rings (SSSR count). The van der Waals surface area contributed by atoms with Gasteiger partial charge in [0.1, 0.15) is 12.4 Å². The maximum absolute atomic E-state index is 9.53. The van der Waals surface area contributed by atoms with E-state index in [2.05, 4.69) is 25.7 Å². The highest BCUT2D eigenvalue weighted by Gasteiger charge is 2.25. The molecular formula is C18H20Cl3NO2. The molecule has 0 aliphatic heterocycles. The summed E-state index contributed by atoms with van der Waals surface area (Å²) >= 11 is 18.4. The van der Waals surface area contributed by atoms with E-state index < -0.39 is 0 Å². The lowest BCUT2D eigenvalue weighted by atomic mass is 10.0. The van der Waals surface area contributed by atoms with Crippen LogP contribution in [0, 0.1) is 0 Å². The number of benzene rings is 2. The Hall–Kier alpha value is -1.29. The van der Waals surface area contributed by atoms with Crippen LogP contribution in [-0.2, 0) is 0 Å². The Morgan fingerprint density at radius 3 is 2.00 bits per heavy atom. The number of halogens is 3. The number of hydrogen-bond donors (Lipinski definition) is 1. The van der Waals surface area contributed by atoms with E-state index in [-0.39, 0.29) is 11.3 Å². The highest BCUT2D eigenvalue weighted by atomic mass is 35.5. The van der Waals surface area contributed by atoms with Crippen molar-refractivity contribution in [1.29, 1.82) is 0 Å². The summed E-state index contributed by atoms with van der Waals surface area (Å²) in [5.41, 5.74) is 1.52. The van der Waals surface area contributed by atoms with Crippen molar-refractivity contribution in [2.24, 2.45) is 0 Å². The van der Waals surface area contributed by atoms with E-state index in [1.807, 2.05) is 24.3 Å². The maximum atomic E-state index is 9.53. The van der Waals surface area contributed by atoms with Crippen LogP contribution in [0.1, 0.15) is 20.8 Å². The third-order valence-electron chi connectivity index (χ3n) is 3.34. The van der Waals surface area contributed by atoms with Crippen LogP contribution < -0.4 is 9.64 Å². The fourth-order valence-electron chi connectivity index (χ4n) is 2.48. The van der Waals surface area contributed by atoms with Crippen LogP contribution >= 0.6 is 34.8 Å². The van der Waals surface area contributed by atoms with Gasteiger partial charge in [-0.3, -0.25) is 0 Å². The van der Waals surface area contributed by atoms with Crippen molar-refractivity contribution < 1.29 is 9.84 Å². The van der Waals surface area contributed by atoms with Crippen LogP contribution in [0.15, 0.2) is 36.4 Å². The topological polar surface area (TPSA) is 32.7 Å². The van der Waals surface area contributed by atoms with Gasteiger partial charge in [0.2, 0.25) is 0 Å². The van der Waals surface area contributed by atoms with Gasteiger partial charge in [-0.25, -0.2) is 0 Å². The van der Waals surface area contributed by atoms with Crippen LogP contribution in [0.25, 0.3) is 0 Å². The number of rotatable bonds is 5. The number of phenols is 1. The molecule has 0 spiro atoms. The number of aromatic hydroxyl groups is 1. The zero-order valence-corrected chi connectivity index (χ0v) is 16.1. The number of nitrogens with zero attached hydrogens (tertiary/aromatic N) is 1. The molecular weight excluding hydrogens is 369 g/mol. The standard InChI is InChI=1S/C18H20Cl3NO2/c1-18(2,3)22(12-4-6-14(23)7-5-12)13-10-15(20)17(16(21)11-13)24-9-8-19/h4-7,10-11,23H,8-9H2,1-3H3. The van der Waals surface area contributed by atoms with Gasteiger partial charge in [0.15, 0.2) is 5.75 Å². The SMILES string of the molecule is CC(C)(C)N(c1ccc(O)cc1)c1cc(Cl)c(OCCCl)c(Cl)c1. The first-order chi connectivity index (χ1) is 11.2. The average molecular weight is 389 g/mol. The third kappa shape index (κ3) is 4.41. The first-order valence-electron chi connectivity index (χ1n) is 7.51. The molecule has 130 valence electrons. The molecule has 0 fully saturated rings. The molecule has 1 N–H and O–H groups in total. The van der Waals surface area contributed by atoms with E-state index in [0.717, 1.165) is 11.4 Å². The van der Waals surface area contributed by atoms with Gasteiger partial charge in [-0.05, 0) is 57.2 Å². The second-order valence-electron chi connectivity index (χ2n) is 6.30. The van der Waals surface area contributed by atoms with Gasteiger partial charge < -0.3 is 14.7 Å². The van der Waals surface area contributed by atoms with Crippen molar-refractivity contribution in [2.45, 2.75) is 26.3 Å². The zero-order chi connectivity index (χ0) is 17.9. The monoisotopic (exact) mass is 387 g/mol. The summed E-state index contributed by atoms with van der Waals surface area (Å²) in [5.74, 6) is 1.01. The molecule has 2 aromatic carbocycles. The molecule has 0 unspecified atom stereocenters. The van der Waals surface area contributed by atoms with Gasteiger partial charge in [0.25, 0.3) is 0 Å². The number of alkyl halides is 1. The number of anilines is 2. The lowest BCUT2D eigenvalue weighted by molar-refractivity contribution is 0.343.